The Hall–Kier alpha value is -3.72. The molecule has 2 rings (SSSR count). The molecule has 0 amide bonds. The molecule has 2 aromatic carbocycles. The number of carbonyl (C=O) groups excluding carboxylic acids is 4. The van der Waals surface area contributed by atoms with E-state index in [-0.39, 0.29) is 42.9 Å². The van der Waals surface area contributed by atoms with Gasteiger partial charge in [0.2, 0.25) is 0 Å². The summed E-state index contributed by atoms with van der Waals surface area (Å²) in [6.07, 6.45) is 1.38. The lowest BCUT2D eigenvalue weighted by atomic mass is 10.0. The predicted octanol–water partition coefficient (Wildman–Crippen LogP) is 4.12. The SMILES string of the molecule is CCC(C)C(=O)Oc1ccc(C[C@H](NCCOC(=O)c2ccccc2)C(=O)OC)cc1OC(=O)C(C)CC. The van der Waals surface area contributed by atoms with Crippen LogP contribution >= 0.6 is 0 Å². The van der Waals surface area contributed by atoms with E-state index in [9.17, 15) is 19.2 Å². The van der Waals surface area contributed by atoms with Crippen LogP contribution in [0.15, 0.2) is 48.5 Å². The topological polar surface area (TPSA) is 117 Å². The molecule has 206 valence electrons. The second-order valence-electron chi connectivity index (χ2n) is 8.98. The number of methoxy groups -OCH3 is 1. The van der Waals surface area contributed by atoms with Crippen LogP contribution in [0.25, 0.3) is 0 Å². The fourth-order valence-electron chi connectivity index (χ4n) is 3.25. The first-order valence-electron chi connectivity index (χ1n) is 12.8. The first kappa shape index (κ1) is 30.5. The highest BCUT2D eigenvalue weighted by molar-refractivity contribution is 5.89. The van der Waals surface area contributed by atoms with Gasteiger partial charge in [-0.3, -0.25) is 14.4 Å². The van der Waals surface area contributed by atoms with Crippen molar-refractivity contribution in [3.05, 3.63) is 59.7 Å². The lowest BCUT2D eigenvalue weighted by Crippen LogP contribution is -2.41. The lowest BCUT2D eigenvalue weighted by molar-refractivity contribution is -0.143. The Morgan fingerprint density at radius 1 is 0.816 bits per heavy atom. The second kappa shape index (κ2) is 15.5. The van der Waals surface area contributed by atoms with E-state index in [1.165, 1.54) is 7.11 Å². The molecule has 9 nitrogen and oxygen atoms in total. The predicted molar refractivity (Wildman–Crippen MR) is 141 cm³/mol. The number of benzene rings is 2. The van der Waals surface area contributed by atoms with Gasteiger partial charge in [-0.25, -0.2) is 4.79 Å². The first-order chi connectivity index (χ1) is 18.2. The summed E-state index contributed by atoms with van der Waals surface area (Å²) < 4.78 is 21.3. The third kappa shape index (κ3) is 9.30. The van der Waals surface area contributed by atoms with Crippen molar-refractivity contribution >= 4 is 23.9 Å². The van der Waals surface area contributed by atoms with Gasteiger partial charge in [-0.1, -0.05) is 52.0 Å². The molecular weight excluding hydrogens is 490 g/mol. The van der Waals surface area contributed by atoms with Gasteiger partial charge in [0, 0.05) is 6.54 Å². The van der Waals surface area contributed by atoms with Crippen molar-refractivity contribution < 1.29 is 38.1 Å². The minimum absolute atomic E-state index is 0.0451. The van der Waals surface area contributed by atoms with E-state index in [0.717, 1.165) is 0 Å². The molecule has 9 heteroatoms. The number of hydrogen-bond acceptors (Lipinski definition) is 9. The van der Waals surface area contributed by atoms with Gasteiger partial charge in [-0.05, 0) is 49.1 Å². The van der Waals surface area contributed by atoms with Crippen LogP contribution in [0.2, 0.25) is 0 Å². The van der Waals surface area contributed by atoms with Crippen LogP contribution in [0.4, 0.5) is 0 Å². The largest absolute Gasteiger partial charge is 0.468 e. The average Bonchev–Trinajstić information content (AvgIpc) is 2.94. The van der Waals surface area contributed by atoms with Crippen molar-refractivity contribution in [3.63, 3.8) is 0 Å². The zero-order valence-electron chi connectivity index (χ0n) is 22.7. The molecule has 38 heavy (non-hydrogen) atoms. The van der Waals surface area contributed by atoms with Gasteiger partial charge < -0.3 is 24.3 Å². The maximum absolute atomic E-state index is 12.5. The Bertz CT molecular complexity index is 1090. The lowest BCUT2D eigenvalue weighted by Gasteiger charge is -2.19. The smallest absolute Gasteiger partial charge is 0.338 e. The van der Waals surface area contributed by atoms with Crippen LogP contribution in [-0.4, -0.2) is 50.2 Å². The standard InChI is InChI=1S/C29H37NO8/c1-6-19(3)26(31)37-24-14-13-21(18-25(24)38-27(32)20(4)7-2)17-23(29(34)35-5)30-15-16-36-28(33)22-11-9-8-10-12-22/h8-14,18-20,23,30H,6-7,15-17H2,1-5H3/t19?,20?,23-/m0/s1. The Balaban J connectivity index is 2.13. The number of rotatable bonds is 14. The van der Waals surface area contributed by atoms with Gasteiger partial charge in [0.1, 0.15) is 12.6 Å². The van der Waals surface area contributed by atoms with Crippen molar-refractivity contribution in [3.8, 4) is 11.5 Å². The van der Waals surface area contributed by atoms with Gasteiger partial charge in [-0.15, -0.1) is 0 Å². The molecule has 3 atom stereocenters. The van der Waals surface area contributed by atoms with Crippen molar-refractivity contribution in [2.75, 3.05) is 20.3 Å². The molecule has 0 heterocycles. The van der Waals surface area contributed by atoms with Gasteiger partial charge in [0.15, 0.2) is 11.5 Å². The van der Waals surface area contributed by atoms with E-state index in [2.05, 4.69) is 5.32 Å². The van der Waals surface area contributed by atoms with Crippen molar-refractivity contribution in [2.24, 2.45) is 11.8 Å². The molecule has 0 aromatic heterocycles. The molecule has 0 saturated heterocycles. The fourth-order valence-corrected chi connectivity index (χ4v) is 3.25. The molecule has 0 aliphatic rings. The van der Waals surface area contributed by atoms with E-state index in [0.29, 0.717) is 24.0 Å². The molecular formula is C29H37NO8. The van der Waals surface area contributed by atoms with Crippen molar-refractivity contribution in [1.82, 2.24) is 5.32 Å². The number of hydrogen-bond donors (Lipinski definition) is 1. The molecule has 0 saturated carbocycles. The van der Waals surface area contributed by atoms with E-state index in [1.54, 1.807) is 62.4 Å². The average molecular weight is 528 g/mol. The molecule has 0 aliphatic heterocycles. The van der Waals surface area contributed by atoms with Gasteiger partial charge in [0.25, 0.3) is 0 Å². The first-order valence-corrected chi connectivity index (χ1v) is 12.8. The molecule has 0 bridgehead atoms. The Morgan fingerprint density at radius 3 is 2.00 bits per heavy atom. The minimum Gasteiger partial charge on any atom is -0.468 e. The Kier molecular flexibility index (Phi) is 12.5. The highest BCUT2D eigenvalue weighted by atomic mass is 16.6. The normalized spacial score (nSPS) is 13.1. The Labute approximate surface area is 223 Å². The number of carbonyl (C=O) groups is 4. The van der Waals surface area contributed by atoms with E-state index < -0.39 is 29.9 Å². The molecule has 0 fully saturated rings. The zero-order chi connectivity index (χ0) is 28.1. The van der Waals surface area contributed by atoms with Crippen molar-refractivity contribution in [2.45, 2.75) is 53.0 Å². The molecule has 0 spiro atoms. The summed E-state index contributed by atoms with van der Waals surface area (Å²) in [7, 11) is 1.28. The quantitative estimate of drug-likeness (QED) is 0.220. The second-order valence-corrected chi connectivity index (χ2v) is 8.98. The monoisotopic (exact) mass is 527 g/mol. The van der Waals surface area contributed by atoms with Gasteiger partial charge in [-0.2, -0.15) is 0 Å². The molecule has 2 unspecified atom stereocenters. The van der Waals surface area contributed by atoms with Crippen LogP contribution in [0, 0.1) is 11.8 Å². The molecule has 0 radical (unpaired) electrons. The summed E-state index contributed by atoms with van der Waals surface area (Å²) in [5.41, 5.74) is 1.08. The fraction of sp³-hybridized carbons (Fsp3) is 0.448. The van der Waals surface area contributed by atoms with Gasteiger partial charge in [0.05, 0.1) is 24.5 Å². The maximum Gasteiger partial charge on any atom is 0.338 e. The molecule has 1 N–H and O–H groups in total. The number of ether oxygens (including phenoxy) is 4. The summed E-state index contributed by atoms with van der Waals surface area (Å²) in [6, 6.07) is 12.6. The summed E-state index contributed by atoms with van der Waals surface area (Å²) in [6.45, 7) is 7.50. The van der Waals surface area contributed by atoms with E-state index in [1.807, 2.05) is 13.8 Å². The summed E-state index contributed by atoms with van der Waals surface area (Å²) in [5.74, 6) is -2.29. The van der Waals surface area contributed by atoms with Crippen LogP contribution in [-0.2, 0) is 30.3 Å². The van der Waals surface area contributed by atoms with Gasteiger partial charge >= 0.3 is 23.9 Å². The van der Waals surface area contributed by atoms with Crippen molar-refractivity contribution in [1.29, 1.82) is 0 Å². The third-order valence-corrected chi connectivity index (χ3v) is 6.12. The minimum atomic E-state index is -0.762. The summed E-state index contributed by atoms with van der Waals surface area (Å²) in [5, 5.41) is 3.04. The van der Waals surface area contributed by atoms with Crippen LogP contribution in [0.5, 0.6) is 11.5 Å². The van der Waals surface area contributed by atoms with E-state index >= 15 is 0 Å². The van der Waals surface area contributed by atoms with Crippen LogP contribution in [0.1, 0.15) is 56.5 Å². The highest BCUT2D eigenvalue weighted by Gasteiger charge is 2.23. The summed E-state index contributed by atoms with van der Waals surface area (Å²) in [4.78, 5) is 49.4. The van der Waals surface area contributed by atoms with Crippen LogP contribution in [0.3, 0.4) is 0 Å². The number of esters is 4. The summed E-state index contributed by atoms with van der Waals surface area (Å²) >= 11 is 0. The zero-order valence-corrected chi connectivity index (χ0v) is 22.7. The molecule has 0 aliphatic carbocycles. The Morgan fingerprint density at radius 2 is 1.42 bits per heavy atom. The molecule has 2 aromatic rings. The maximum atomic E-state index is 12.5. The third-order valence-electron chi connectivity index (χ3n) is 6.12. The highest BCUT2D eigenvalue weighted by Crippen LogP contribution is 2.31. The van der Waals surface area contributed by atoms with E-state index in [4.69, 9.17) is 18.9 Å². The van der Waals surface area contributed by atoms with Crippen LogP contribution < -0.4 is 14.8 Å². The number of nitrogens with one attached hydrogen (secondary N) is 1.